The number of aromatic amines is 1. The quantitative estimate of drug-likeness (QED) is 0.587. The molecule has 1 aromatic heterocycles. The Hall–Kier alpha value is -3.60. The van der Waals surface area contributed by atoms with Crippen molar-refractivity contribution in [3.8, 4) is 0 Å². The highest BCUT2D eigenvalue weighted by molar-refractivity contribution is 5.95. The molecule has 11 heteroatoms. The molecule has 2 amide bonds. The van der Waals surface area contributed by atoms with E-state index in [1.807, 2.05) is 6.92 Å². The van der Waals surface area contributed by atoms with Crippen LogP contribution >= 0.6 is 0 Å². The minimum Gasteiger partial charge on any atom is -0.449 e. The molecule has 34 heavy (non-hydrogen) atoms. The number of H-pyrrole nitrogens is 1. The van der Waals surface area contributed by atoms with Crippen LogP contribution in [0.15, 0.2) is 47.5 Å². The summed E-state index contributed by atoms with van der Waals surface area (Å²) < 4.78 is 45.9. The number of carbonyl (C=O) groups excluding carboxylic acids is 2. The van der Waals surface area contributed by atoms with Gasteiger partial charge in [-0.05, 0) is 48.7 Å². The highest BCUT2D eigenvalue weighted by Gasteiger charge is 2.31. The molecule has 0 saturated carbocycles. The van der Waals surface area contributed by atoms with Crippen molar-refractivity contribution in [2.45, 2.75) is 26.1 Å². The van der Waals surface area contributed by atoms with Gasteiger partial charge in [-0.1, -0.05) is 13.0 Å². The first-order valence-corrected chi connectivity index (χ1v) is 10.7. The summed E-state index contributed by atoms with van der Waals surface area (Å²) in [5.74, 6) is -1.03. The molecule has 180 valence electrons. The van der Waals surface area contributed by atoms with Crippen LogP contribution in [0.25, 0.3) is 11.0 Å². The number of aromatic nitrogens is 2. The molecule has 4 rings (SSSR count). The molecule has 0 radical (unpaired) electrons. The zero-order chi connectivity index (χ0) is 24.5. The smallest absolute Gasteiger partial charge is 0.416 e. The molecule has 8 nitrogen and oxygen atoms in total. The number of fused-ring (bicyclic) bond motifs is 1. The number of hydrogen-bond donors (Lipinski definition) is 2. The Morgan fingerprint density at radius 3 is 2.76 bits per heavy atom. The molecule has 1 atom stereocenters. The molecule has 0 unspecified atom stereocenters. The van der Waals surface area contributed by atoms with Gasteiger partial charge in [-0.3, -0.25) is 9.69 Å². The number of alkyl halides is 3. The number of nitrogens with one attached hydrogen (secondary N) is 1. The number of nitrogens with zero attached hydrogens (tertiary/aromatic N) is 3. The number of aliphatic hydroxyl groups excluding tert-OH is 1. The van der Waals surface area contributed by atoms with Gasteiger partial charge < -0.3 is 19.4 Å². The lowest BCUT2D eigenvalue weighted by Crippen LogP contribution is -2.37. The largest absolute Gasteiger partial charge is 0.449 e. The summed E-state index contributed by atoms with van der Waals surface area (Å²) in [4.78, 5) is 33.4. The third kappa shape index (κ3) is 4.84. The third-order valence-electron chi connectivity index (χ3n) is 5.51. The van der Waals surface area contributed by atoms with Gasteiger partial charge in [-0.15, -0.1) is 0 Å². The Kier molecular flexibility index (Phi) is 6.47. The molecule has 0 bridgehead atoms. The summed E-state index contributed by atoms with van der Waals surface area (Å²) in [7, 11) is 0. The van der Waals surface area contributed by atoms with E-state index in [1.54, 1.807) is 22.8 Å². The van der Waals surface area contributed by atoms with Crippen LogP contribution < -0.4 is 10.5 Å². The van der Waals surface area contributed by atoms with Crippen LogP contribution in [0.4, 0.5) is 23.7 Å². The van der Waals surface area contributed by atoms with Crippen molar-refractivity contribution in [3.05, 3.63) is 59.2 Å². The molecule has 0 aliphatic carbocycles. The third-order valence-corrected chi connectivity index (χ3v) is 5.51. The molecule has 1 aliphatic heterocycles. The Morgan fingerprint density at radius 1 is 1.26 bits per heavy atom. The molecule has 0 spiro atoms. The van der Waals surface area contributed by atoms with Crippen molar-refractivity contribution in [1.29, 1.82) is 0 Å². The molecule has 2 heterocycles. The Morgan fingerprint density at radius 2 is 2.06 bits per heavy atom. The van der Waals surface area contributed by atoms with E-state index in [-0.39, 0.29) is 23.7 Å². The predicted molar refractivity (Wildman–Crippen MR) is 117 cm³/mol. The monoisotopic (exact) mass is 476 g/mol. The highest BCUT2D eigenvalue weighted by atomic mass is 19.4. The van der Waals surface area contributed by atoms with Gasteiger partial charge in [0.2, 0.25) is 5.62 Å². The van der Waals surface area contributed by atoms with E-state index in [2.05, 4.69) is 9.98 Å². The van der Waals surface area contributed by atoms with Crippen LogP contribution in [0.2, 0.25) is 0 Å². The molecule has 1 aliphatic rings. The zero-order valence-electron chi connectivity index (χ0n) is 18.3. The summed E-state index contributed by atoms with van der Waals surface area (Å²) in [6, 6.07) is 9.27. The lowest BCUT2D eigenvalue weighted by atomic mass is 10.1. The molecular weight excluding hydrogens is 453 g/mol. The van der Waals surface area contributed by atoms with Crippen LogP contribution in [0.5, 0.6) is 0 Å². The molecular formula is C23H23F3N4O4. The van der Waals surface area contributed by atoms with Crippen LogP contribution in [0.3, 0.4) is 0 Å². The number of imidazole rings is 1. The Balaban J connectivity index is 1.78. The number of benzene rings is 2. The summed E-state index contributed by atoms with van der Waals surface area (Å²) in [5, 5.41) is 9.52. The van der Waals surface area contributed by atoms with Crippen molar-refractivity contribution in [1.82, 2.24) is 9.55 Å². The van der Waals surface area contributed by atoms with E-state index in [0.717, 1.165) is 18.2 Å². The first-order chi connectivity index (χ1) is 16.2. The second-order valence-electron chi connectivity index (χ2n) is 8.16. The second-order valence-corrected chi connectivity index (χ2v) is 8.16. The van der Waals surface area contributed by atoms with Gasteiger partial charge in [0.1, 0.15) is 0 Å². The molecule has 3 aromatic rings. The van der Waals surface area contributed by atoms with Crippen molar-refractivity contribution in [3.63, 3.8) is 0 Å². The van der Waals surface area contributed by atoms with E-state index in [9.17, 15) is 27.9 Å². The van der Waals surface area contributed by atoms with Gasteiger partial charge in [0.05, 0.1) is 23.2 Å². The van der Waals surface area contributed by atoms with Crippen LogP contribution in [-0.4, -0.2) is 46.4 Å². The van der Waals surface area contributed by atoms with Crippen molar-refractivity contribution >= 4 is 28.7 Å². The first-order valence-electron chi connectivity index (χ1n) is 10.7. The minimum atomic E-state index is -4.58. The lowest BCUT2D eigenvalue weighted by Gasteiger charge is -2.26. The number of ether oxygens (including phenoxy) is 1. The number of anilines is 1. The Labute approximate surface area is 192 Å². The fourth-order valence-corrected chi connectivity index (χ4v) is 3.75. The number of aliphatic hydroxyl groups is 1. The molecule has 1 saturated heterocycles. The normalized spacial score (nSPS) is 16.1. The Bertz CT molecular complexity index is 1300. The van der Waals surface area contributed by atoms with E-state index in [0.29, 0.717) is 42.8 Å². The number of halogens is 3. The fraction of sp³-hybridized carbons (Fsp3) is 0.348. The van der Waals surface area contributed by atoms with E-state index in [1.165, 1.54) is 11.0 Å². The van der Waals surface area contributed by atoms with Crippen LogP contribution in [-0.2, 0) is 17.5 Å². The first kappa shape index (κ1) is 23.6. The predicted octanol–water partition coefficient (Wildman–Crippen LogP) is 3.70. The van der Waals surface area contributed by atoms with Gasteiger partial charge in [-0.25, -0.2) is 4.79 Å². The average Bonchev–Trinajstić information content (AvgIpc) is 3.14. The SMILES string of the molecule is C[C@H](CO)Cn1/c(=N/C(=O)c2cccc(C(F)(F)F)c2)[nH]c2cc(N3CCCOC3=O)ccc21. The standard InChI is InChI=1S/C23H23F3N4O4/c1-14(13-31)12-30-19-7-6-17(29-8-3-9-34-22(29)33)11-18(19)27-21(30)28-20(32)15-4-2-5-16(10-15)23(24,25)26/h2,4-7,10-11,14,31H,3,8-9,12-13H2,1H3,(H,27,28,32)/t14-/m0/s1. The van der Waals surface area contributed by atoms with E-state index < -0.39 is 23.7 Å². The average molecular weight is 476 g/mol. The maximum atomic E-state index is 13.1. The number of rotatable bonds is 5. The summed E-state index contributed by atoms with van der Waals surface area (Å²) in [6.07, 6.45) is -4.35. The maximum Gasteiger partial charge on any atom is 0.416 e. The zero-order valence-corrected chi connectivity index (χ0v) is 18.3. The van der Waals surface area contributed by atoms with E-state index in [4.69, 9.17) is 4.74 Å². The second kappa shape index (κ2) is 9.34. The van der Waals surface area contributed by atoms with Crippen molar-refractivity contribution in [2.24, 2.45) is 10.9 Å². The molecule has 2 N–H and O–H groups in total. The lowest BCUT2D eigenvalue weighted by molar-refractivity contribution is -0.137. The van der Waals surface area contributed by atoms with Crippen LogP contribution in [0.1, 0.15) is 29.3 Å². The fourth-order valence-electron chi connectivity index (χ4n) is 3.75. The van der Waals surface area contributed by atoms with Crippen molar-refractivity contribution in [2.75, 3.05) is 24.7 Å². The summed E-state index contributed by atoms with van der Waals surface area (Å²) in [5.41, 5.74) is 0.797. The van der Waals surface area contributed by atoms with Gasteiger partial charge in [0.15, 0.2) is 0 Å². The number of hydrogen-bond acceptors (Lipinski definition) is 4. The number of cyclic esters (lactones) is 1. The van der Waals surface area contributed by atoms with Gasteiger partial charge in [0.25, 0.3) is 5.91 Å². The summed E-state index contributed by atoms with van der Waals surface area (Å²) >= 11 is 0. The molecule has 1 fully saturated rings. The minimum absolute atomic E-state index is 0.113. The van der Waals surface area contributed by atoms with Gasteiger partial charge in [-0.2, -0.15) is 18.2 Å². The number of carbonyl (C=O) groups is 2. The van der Waals surface area contributed by atoms with Crippen LogP contribution in [0, 0.1) is 5.92 Å². The van der Waals surface area contributed by atoms with Gasteiger partial charge >= 0.3 is 12.3 Å². The highest BCUT2D eigenvalue weighted by Crippen LogP contribution is 2.29. The van der Waals surface area contributed by atoms with E-state index >= 15 is 0 Å². The van der Waals surface area contributed by atoms with Crippen molar-refractivity contribution < 1.29 is 32.6 Å². The maximum absolute atomic E-state index is 13.1. The molecule has 2 aromatic carbocycles. The van der Waals surface area contributed by atoms with Gasteiger partial charge in [0, 0.05) is 30.9 Å². The number of amides is 2. The summed E-state index contributed by atoms with van der Waals surface area (Å²) in [6.45, 7) is 2.86. The topological polar surface area (TPSA) is 99.9 Å².